The van der Waals surface area contributed by atoms with Gasteiger partial charge >= 0.3 is 6.18 Å². The zero-order chi connectivity index (χ0) is 21.3. The average Bonchev–Trinajstić information content (AvgIpc) is 2.67. The van der Waals surface area contributed by atoms with Crippen LogP contribution in [0.5, 0.6) is 0 Å². The first-order valence-electron chi connectivity index (χ1n) is 9.33. The number of amides is 1. The molecule has 0 radical (unpaired) electrons. The number of aryl methyl sites for hydroxylation is 1. The molecule has 1 aliphatic rings. The van der Waals surface area contributed by atoms with Gasteiger partial charge in [0.2, 0.25) is 5.43 Å². The average molecular weight is 408 g/mol. The van der Waals surface area contributed by atoms with Crippen LogP contribution in [-0.2, 0) is 6.18 Å². The zero-order valence-corrected chi connectivity index (χ0v) is 16.5. The van der Waals surface area contributed by atoms with Crippen molar-refractivity contribution in [3.05, 3.63) is 57.5 Å². The molecule has 29 heavy (non-hydrogen) atoms. The Morgan fingerprint density at radius 2 is 1.93 bits per heavy atom. The molecule has 0 bridgehead atoms. The first kappa shape index (κ1) is 21.0. The molecule has 6 nitrogen and oxygen atoms in total. The molecular weight excluding hydrogens is 385 g/mol. The number of carbonyl (C=O) groups is 1. The Balaban J connectivity index is 2.04. The summed E-state index contributed by atoms with van der Waals surface area (Å²) in [5, 5.41) is 4.06. The van der Waals surface area contributed by atoms with Crippen molar-refractivity contribution in [1.29, 1.82) is 0 Å². The first-order valence-corrected chi connectivity index (χ1v) is 9.33. The van der Waals surface area contributed by atoms with Crippen LogP contribution >= 0.6 is 0 Å². The Morgan fingerprint density at radius 1 is 1.24 bits per heavy atom. The van der Waals surface area contributed by atoms with Crippen LogP contribution in [0.1, 0.15) is 34.6 Å². The van der Waals surface area contributed by atoms with E-state index < -0.39 is 23.1 Å². The molecule has 1 aliphatic heterocycles. The number of aromatic nitrogens is 2. The molecule has 1 saturated heterocycles. The maximum atomic E-state index is 13.4. The second kappa shape index (κ2) is 7.98. The second-order valence-electron chi connectivity index (χ2n) is 7.44. The predicted molar refractivity (Wildman–Crippen MR) is 102 cm³/mol. The minimum atomic E-state index is -4.59. The number of benzene rings is 1. The lowest BCUT2D eigenvalue weighted by molar-refractivity contribution is -0.137. The maximum absolute atomic E-state index is 13.4. The maximum Gasteiger partial charge on any atom is 0.418 e. The monoisotopic (exact) mass is 408 g/mol. The van der Waals surface area contributed by atoms with Crippen molar-refractivity contribution in [3.8, 4) is 5.69 Å². The fourth-order valence-electron chi connectivity index (χ4n) is 3.55. The lowest BCUT2D eigenvalue weighted by atomic mass is 10.0. The van der Waals surface area contributed by atoms with E-state index in [1.165, 1.54) is 25.1 Å². The molecule has 1 fully saturated rings. The number of alkyl halides is 3. The van der Waals surface area contributed by atoms with Gasteiger partial charge in [-0.15, -0.1) is 0 Å². The molecule has 9 heteroatoms. The van der Waals surface area contributed by atoms with Crippen molar-refractivity contribution in [1.82, 2.24) is 19.6 Å². The number of likely N-dealkylation sites (tertiary alicyclic amines) is 1. The molecule has 0 unspecified atom stereocenters. The van der Waals surface area contributed by atoms with Crippen LogP contribution in [0.4, 0.5) is 13.2 Å². The number of hydrogen-bond donors (Lipinski definition) is 0. The van der Waals surface area contributed by atoms with Gasteiger partial charge in [-0.3, -0.25) is 9.59 Å². The molecule has 0 saturated carbocycles. The van der Waals surface area contributed by atoms with Crippen LogP contribution in [0.25, 0.3) is 5.69 Å². The smallest absolute Gasteiger partial charge is 0.336 e. The third-order valence-electron chi connectivity index (χ3n) is 5.16. The van der Waals surface area contributed by atoms with Gasteiger partial charge in [-0.25, -0.2) is 4.68 Å². The van der Waals surface area contributed by atoms with Crippen molar-refractivity contribution >= 4 is 5.91 Å². The van der Waals surface area contributed by atoms with Gasteiger partial charge in [-0.2, -0.15) is 18.3 Å². The minimum Gasteiger partial charge on any atom is -0.336 e. The number of para-hydroxylation sites is 1. The summed E-state index contributed by atoms with van der Waals surface area (Å²) in [6.07, 6.45) is -2.88. The minimum absolute atomic E-state index is 0.159. The van der Waals surface area contributed by atoms with E-state index in [0.29, 0.717) is 13.1 Å². The van der Waals surface area contributed by atoms with Crippen LogP contribution in [0.3, 0.4) is 0 Å². The largest absolute Gasteiger partial charge is 0.418 e. The van der Waals surface area contributed by atoms with Gasteiger partial charge in [0, 0.05) is 30.9 Å². The molecule has 1 amide bonds. The van der Waals surface area contributed by atoms with Crippen molar-refractivity contribution in [2.75, 3.05) is 27.2 Å². The number of halogens is 3. The summed E-state index contributed by atoms with van der Waals surface area (Å²) in [6.45, 7) is 2.41. The molecule has 1 aromatic heterocycles. The van der Waals surface area contributed by atoms with E-state index in [1.54, 1.807) is 4.90 Å². The predicted octanol–water partition coefficient (Wildman–Crippen LogP) is 2.73. The van der Waals surface area contributed by atoms with Crippen LogP contribution < -0.4 is 5.43 Å². The molecule has 2 aromatic rings. The van der Waals surface area contributed by atoms with Gasteiger partial charge < -0.3 is 9.80 Å². The molecular formula is C20H23F3N4O2. The lowest BCUT2D eigenvalue weighted by Gasteiger charge is -2.35. The summed E-state index contributed by atoms with van der Waals surface area (Å²) in [7, 11) is 3.84. The van der Waals surface area contributed by atoms with Crippen molar-refractivity contribution < 1.29 is 18.0 Å². The van der Waals surface area contributed by atoms with Crippen LogP contribution in [0, 0.1) is 6.92 Å². The van der Waals surface area contributed by atoms with E-state index in [9.17, 15) is 22.8 Å². The summed E-state index contributed by atoms with van der Waals surface area (Å²) < 4.78 is 41.3. The summed E-state index contributed by atoms with van der Waals surface area (Å²) in [5.41, 5.74) is -1.86. The summed E-state index contributed by atoms with van der Waals surface area (Å²) in [4.78, 5) is 29.0. The fraction of sp³-hybridized carbons (Fsp3) is 0.450. The molecule has 3 rings (SSSR count). The Kier molecular flexibility index (Phi) is 5.79. The second-order valence-corrected chi connectivity index (χ2v) is 7.44. The summed E-state index contributed by atoms with van der Waals surface area (Å²) >= 11 is 0. The highest BCUT2D eigenvalue weighted by Crippen LogP contribution is 2.33. The Bertz CT molecular complexity index is 969. The van der Waals surface area contributed by atoms with Gasteiger partial charge in [0.1, 0.15) is 0 Å². The number of likely N-dealkylation sites (N-methyl/N-ethyl adjacent to an activating group) is 1. The molecule has 1 atom stereocenters. The Hall–Kier alpha value is -2.68. The van der Waals surface area contributed by atoms with E-state index in [1.807, 2.05) is 19.0 Å². The van der Waals surface area contributed by atoms with Gasteiger partial charge in [0.25, 0.3) is 5.91 Å². The summed E-state index contributed by atoms with van der Waals surface area (Å²) in [5.74, 6) is -0.556. The van der Waals surface area contributed by atoms with Crippen molar-refractivity contribution in [3.63, 3.8) is 0 Å². The third-order valence-corrected chi connectivity index (χ3v) is 5.16. The number of rotatable bonds is 3. The molecule has 0 aliphatic carbocycles. The Morgan fingerprint density at radius 3 is 2.59 bits per heavy atom. The SMILES string of the molecule is Cc1cc(=O)c(C(=O)N2CCC[C@@H](N(C)C)C2)nn1-c1ccccc1C(F)(F)F. The standard InChI is InChI=1S/C20H23F3N4O2/c1-13-11-17(28)18(19(29)26-10-6-7-14(12-26)25(2)3)24-27(13)16-9-5-4-8-15(16)20(21,22)23/h4-5,8-9,11,14H,6-7,10,12H2,1-3H3/t14-/m1/s1. The van der Waals surface area contributed by atoms with Crippen LogP contribution in [-0.4, -0.2) is 58.7 Å². The highest BCUT2D eigenvalue weighted by molar-refractivity contribution is 5.92. The number of hydrogen-bond acceptors (Lipinski definition) is 4. The molecule has 2 heterocycles. The van der Waals surface area contributed by atoms with Gasteiger partial charge in [-0.05, 0) is 46.0 Å². The van der Waals surface area contributed by atoms with Gasteiger partial charge in [-0.1, -0.05) is 12.1 Å². The first-order chi connectivity index (χ1) is 13.6. The quantitative estimate of drug-likeness (QED) is 0.784. The van der Waals surface area contributed by atoms with E-state index in [2.05, 4.69) is 5.10 Å². The third kappa shape index (κ3) is 4.34. The normalized spacial score (nSPS) is 17.6. The molecule has 156 valence electrons. The lowest BCUT2D eigenvalue weighted by Crippen LogP contribution is -2.48. The van der Waals surface area contributed by atoms with Crippen LogP contribution in [0.2, 0.25) is 0 Å². The van der Waals surface area contributed by atoms with E-state index in [4.69, 9.17) is 0 Å². The molecule has 0 N–H and O–H groups in total. The van der Waals surface area contributed by atoms with Crippen molar-refractivity contribution in [2.45, 2.75) is 32.0 Å². The van der Waals surface area contributed by atoms with E-state index >= 15 is 0 Å². The molecule has 0 spiro atoms. The fourth-order valence-corrected chi connectivity index (χ4v) is 3.55. The number of piperidine rings is 1. The number of carbonyl (C=O) groups excluding carboxylic acids is 1. The van der Waals surface area contributed by atoms with Crippen LogP contribution in [0.15, 0.2) is 35.1 Å². The Labute approximate surface area is 166 Å². The summed E-state index contributed by atoms with van der Waals surface area (Å²) in [6, 6.07) is 6.27. The highest BCUT2D eigenvalue weighted by Gasteiger charge is 2.34. The topological polar surface area (TPSA) is 58.4 Å². The van der Waals surface area contributed by atoms with Gasteiger partial charge in [0.15, 0.2) is 5.69 Å². The van der Waals surface area contributed by atoms with E-state index in [0.717, 1.165) is 29.7 Å². The van der Waals surface area contributed by atoms with Crippen molar-refractivity contribution in [2.24, 2.45) is 0 Å². The van der Waals surface area contributed by atoms with Gasteiger partial charge in [0.05, 0.1) is 11.3 Å². The molecule has 1 aromatic carbocycles. The number of nitrogens with zero attached hydrogens (tertiary/aromatic N) is 4. The highest BCUT2D eigenvalue weighted by atomic mass is 19.4. The van der Waals surface area contributed by atoms with E-state index in [-0.39, 0.29) is 23.1 Å². The zero-order valence-electron chi connectivity index (χ0n) is 16.5.